The monoisotopic (exact) mass is 516 g/mol. The van der Waals surface area contributed by atoms with Crippen LogP contribution in [0.15, 0.2) is 95.9 Å². The number of methoxy groups -OCH3 is 1. The molecule has 0 aliphatic heterocycles. The molecule has 7 heteroatoms. The molecule has 1 N–H and O–H groups in total. The van der Waals surface area contributed by atoms with Crippen LogP contribution in [0.2, 0.25) is 0 Å². The summed E-state index contributed by atoms with van der Waals surface area (Å²) in [5.41, 5.74) is 2.65. The van der Waals surface area contributed by atoms with E-state index in [2.05, 4.69) is 36.5 Å². The fraction of sp³-hybridized carbons (Fsp3) is 0.233. The third-order valence-corrected chi connectivity index (χ3v) is 8.14. The predicted molar refractivity (Wildman–Crippen MR) is 149 cm³/mol. The number of hydrogen-bond donors (Lipinski definition) is 1. The highest BCUT2D eigenvalue weighted by Crippen LogP contribution is 2.26. The largest absolute Gasteiger partial charge is 0.497 e. The van der Waals surface area contributed by atoms with Crippen LogP contribution in [0, 0.1) is 12.8 Å². The number of nitrogens with zero attached hydrogens (tertiary/aromatic N) is 1. The first-order chi connectivity index (χ1) is 17.8. The molecule has 0 aliphatic carbocycles. The molecule has 0 radical (unpaired) electrons. The molecule has 0 saturated carbocycles. The van der Waals surface area contributed by atoms with Gasteiger partial charge in [0.05, 0.1) is 17.7 Å². The Bertz CT molecular complexity index is 1460. The molecule has 1 amide bonds. The van der Waals surface area contributed by atoms with E-state index < -0.39 is 10.0 Å². The van der Waals surface area contributed by atoms with Crippen molar-refractivity contribution in [3.05, 3.63) is 102 Å². The van der Waals surface area contributed by atoms with E-state index in [0.717, 1.165) is 16.3 Å². The van der Waals surface area contributed by atoms with Crippen molar-refractivity contribution < 1.29 is 17.9 Å². The molecular weight excluding hydrogens is 484 g/mol. The highest BCUT2D eigenvalue weighted by Gasteiger charge is 2.27. The van der Waals surface area contributed by atoms with Crippen molar-refractivity contribution in [2.75, 3.05) is 24.5 Å². The summed E-state index contributed by atoms with van der Waals surface area (Å²) in [4.78, 5) is 13.1. The van der Waals surface area contributed by atoms with Crippen molar-refractivity contribution in [2.45, 2.75) is 25.2 Å². The van der Waals surface area contributed by atoms with E-state index in [4.69, 9.17) is 4.74 Å². The van der Waals surface area contributed by atoms with Crippen LogP contribution >= 0.6 is 0 Å². The first-order valence-electron chi connectivity index (χ1n) is 12.2. The smallest absolute Gasteiger partial charge is 0.264 e. The molecular formula is C30H32N2O4S. The number of rotatable bonds is 10. The van der Waals surface area contributed by atoms with Gasteiger partial charge in [0.1, 0.15) is 12.3 Å². The number of anilines is 1. The van der Waals surface area contributed by atoms with E-state index in [-0.39, 0.29) is 23.3 Å². The van der Waals surface area contributed by atoms with Crippen molar-refractivity contribution in [3.8, 4) is 5.75 Å². The van der Waals surface area contributed by atoms with Gasteiger partial charge in [-0.1, -0.05) is 67.1 Å². The Kier molecular flexibility index (Phi) is 8.14. The minimum atomic E-state index is -3.98. The molecule has 0 heterocycles. The molecule has 0 bridgehead atoms. The second-order valence-electron chi connectivity index (χ2n) is 9.27. The Morgan fingerprint density at radius 1 is 0.919 bits per heavy atom. The third-order valence-electron chi connectivity index (χ3n) is 6.35. The number of fused-ring (bicyclic) bond motifs is 1. The number of ether oxygens (including phenoxy) is 1. The number of benzene rings is 4. The minimum absolute atomic E-state index is 0.0889. The molecule has 1 unspecified atom stereocenters. The summed E-state index contributed by atoms with van der Waals surface area (Å²) in [7, 11) is -2.46. The number of carbonyl (C=O) groups excluding carboxylic acids is 1. The number of carbonyl (C=O) groups is 1. The molecule has 0 aliphatic rings. The highest BCUT2D eigenvalue weighted by molar-refractivity contribution is 7.92. The molecule has 6 nitrogen and oxygen atoms in total. The lowest BCUT2D eigenvalue weighted by Gasteiger charge is -2.25. The van der Waals surface area contributed by atoms with Crippen LogP contribution in [0.25, 0.3) is 10.8 Å². The van der Waals surface area contributed by atoms with E-state index >= 15 is 0 Å². The fourth-order valence-electron chi connectivity index (χ4n) is 4.29. The van der Waals surface area contributed by atoms with Crippen LogP contribution in [-0.4, -0.2) is 34.5 Å². The Morgan fingerprint density at radius 2 is 1.59 bits per heavy atom. The Balaban J connectivity index is 1.48. The van der Waals surface area contributed by atoms with Gasteiger partial charge in [-0.3, -0.25) is 9.10 Å². The lowest BCUT2D eigenvalue weighted by atomic mass is 9.96. The van der Waals surface area contributed by atoms with Gasteiger partial charge >= 0.3 is 0 Å². The van der Waals surface area contributed by atoms with Crippen LogP contribution in [0.1, 0.15) is 18.1 Å². The summed E-state index contributed by atoms with van der Waals surface area (Å²) in [6.07, 6.45) is 0.799. The maximum atomic E-state index is 13.6. The topological polar surface area (TPSA) is 75.7 Å². The Labute approximate surface area is 218 Å². The van der Waals surface area contributed by atoms with Crippen molar-refractivity contribution in [1.29, 1.82) is 0 Å². The zero-order chi connectivity index (χ0) is 26.4. The predicted octanol–water partition coefficient (Wildman–Crippen LogP) is 5.35. The molecule has 192 valence electrons. The summed E-state index contributed by atoms with van der Waals surface area (Å²) >= 11 is 0. The molecule has 0 spiro atoms. The van der Waals surface area contributed by atoms with Gasteiger partial charge in [-0.15, -0.1) is 0 Å². The molecule has 0 saturated heterocycles. The van der Waals surface area contributed by atoms with Gasteiger partial charge < -0.3 is 10.1 Å². The normalized spacial score (nSPS) is 12.2. The molecule has 0 fully saturated rings. The minimum Gasteiger partial charge on any atom is -0.497 e. The summed E-state index contributed by atoms with van der Waals surface area (Å²) in [5.74, 6) is 0.363. The van der Waals surface area contributed by atoms with Crippen LogP contribution in [0.4, 0.5) is 5.69 Å². The van der Waals surface area contributed by atoms with Gasteiger partial charge in [0.2, 0.25) is 5.91 Å². The van der Waals surface area contributed by atoms with Crippen molar-refractivity contribution >= 4 is 32.4 Å². The fourth-order valence-corrected chi connectivity index (χ4v) is 5.71. The number of sulfonamides is 1. The second-order valence-corrected chi connectivity index (χ2v) is 11.1. The van der Waals surface area contributed by atoms with Crippen LogP contribution in [-0.2, 0) is 21.2 Å². The molecule has 4 rings (SSSR count). The molecule has 1 atom stereocenters. The SMILES string of the molecule is COc1ccc(S(=O)(=O)N(CC(=O)NCC(C)Cc2cccc3ccccc23)c2ccc(C)cc2)cc1. The lowest BCUT2D eigenvalue weighted by molar-refractivity contribution is -0.119. The third kappa shape index (κ3) is 6.30. The van der Waals surface area contributed by atoms with Gasteiger partial charge in [-0.2, -0.15) is 0 Å². The van der Waals surface area contributed by atoms with Crippen LogP contribution < -0.4 is 14.4 Å². The number of hydrogen-bond acceptors (Lipinski definition) is 4. The Morgan fingerprint density at radius 3 is 2.30 bits per heavy atom. The number of amides is 1. The van der Waals surface area contributed by atoms with Crippen molar-refractivity contribution in [2.24, 2.45) is 5.92 Å². The van der Waals surface area contributed by atoms with E-state index in [1.807, 2.05) is 37.3 Å². The standard InChI is InChI=1S/C30H32N2O4S/c1-22-11-13-26(14-12-22)32(37(34,35)28-17-15-27(36-3)16-18-28)21-30(33)31-20-23(2)19-25-9-6-8-24-7-4-5-10-29(24)25/h4-18,23H,19-21H2,1-3H3,(H,31,33). The van der Waals surface area contributed by atoms with Gasteiger partial charge in [0.25, 0.3) is 10.0 Å². The van der Waals surface area contributed by atoms with Crippen molar-refractivity contribution in [1.82, 2.24) is 5.32 Å². The highest BCUT2D eigenvalue weighted by atomic mass is 32.2. The van der Waals surface area contributed by atoms with Crippen molar-refractivity contribution in [3.63, 3.8) is 0 Å². The average Bonchev–Trinajstić information content (AvgIpc) is 2.91. The number of nitrogens with one attached hydrogen (secondary N) is 1. The van der Waals surface area contributed by atoms with Gasteiger partial charge in [-0.05, 0) is 72.0 Å². The van der Waals surface area contributed by atoms with Gasteiger partial charge in [-0.25, -0.2) is 8.42 Å². The van der Waals surface area contributed by atoms with E-state index in [9.17, 15) is 13.2 Å². The quantitative estimate of drug-likeness (QED) is 0.308. The lowest BCUT2D eigenvalue weighted by Crippen LogP contribution is -2.42. The molecule has 0 aromatic heterocycles. The first kappa shape index (κ1) is 26.2. The van der Waals surface area contributed by atoms with E-state index in [1.165, 1.54) is 35.6 Å². The first-order valence-corrected chi connectivity index (χ1v) is 13.7. The summed E-state index contributed by atoms with van der Waals surface area (Å²) in [6, 6.07) is 27.8. The van der Waals surface area contributed by atoms with Crippen LogP contribution in [0.3, 0.4) is 0 Å². The maximum absolute atomic E-state index is 13.6. The molecule has 4 aromatic carbocycles. The van der Waals surface area contributed by atoms with E-state index in [1.54, 1.807) is 24.3 Å². The van der Waals surface area contributed by atoms with E-state index in [0.29, 0.717) is 18.0 Å². The summed E-state index contributed by atoms with van der Waals surface area (Å²) < 4.78 is 33.4. The molecule has 4 aromatic rings. The summed E-state index contributed by atoms with van der Waals surface area (Å²) in [6.45, 7) is 4.12. The van der Waals surface area contributed by atoms with Gasteiger partial charge in [0, 0.05) is 6.54 Å². The number of aryl methyl sites for hydroxylation is 1. The molecule has 37 heavy (non-hydrogen) atoms. The Hall–Kier alpha value is -3.84. The zero-order valence-corrected chi connectivity index (χ0v) is 22.2. The maximum Gasteiger partial charge on any atom is 0.264 e. The summed E-state index contributed by atoms with van der Waals surface area (Å²) in [5, 5.41) is 5.34. The zero-order valence-electron chi connectivity index (χ0n) is 21.3. The van der Waals surface area contributed by atoms with Gasteiger partial charge in [0.15, 0.2) is 0 Å². The van der Waals surface area contributed by atoms with Crippen LogP contribution in [0.5, 0.6) is 5.75 Å². The second kappa shape index (κ2) is 11.5. The average molecular weight is 517 g/mol.